The van der Waals surface area contributed by atoms with Gasteiger partial charge in [0.25, 0.3) is 0 Å². The maximum absolute atomic E-state index is 14.7. The van der Waals surface area contributed by atoms with Gasteiger partial charge in [0.1, 0.15) is 12.2 Å². The van der Waals surface area contributed by atoms with E-state index in [1.807, 2.05) is 13.0 Å². The minimum Gasteiger partial charge on any atom is -0.481 e. The number of aliphatic carboxylic acids is 1. The number of carbonyl (C=O) groups excluding carboxylic acids is 2. The molecular formula is C35H55NO8. The van der Waals surface area contributed by atoms with Crippen LogP contribution in [0, 0.1) is 56.7 Å². The van der Waals surface area contributed by atoms with Gasteiger partial charge >= 0.3 is 11.9 Å². The van der Waals surface area contributed by atoms with Crippen LogP contribution in [0.1, 0.15) is 87.5 Å². The molecule has 4 aliphatic carbocycles. The summed E-state index contributed by atoms with van der Waals surface area (Å²) in [5.74, 6) is -1.66. The number of carboxylic acids is 1. The number of ketones is 1. The molecular weight excluding hydrogens is 562 g/mol. The Kier molecular flexibility index (Phi) is 8.51. The molecule has 5 rings (SSSR count). The number of hydrogen-bond acceptors (Lipinski definition) is 8. The van der Waals surface area contributed by atoms with Gasteiger partial charge in [0, 0.05) is 23.2 Å². The lowest BCUT2D eigenvalue weighted by atomic mass is 9.34. The standard InChI is InChI=1S/C35H55NO8/c1-19(2)20(3)31(5)11-12-33(7)23-9-10-26-32(6)17-42-18-35(26,24(23)13-27(39)34(33,8)28(31)30(40)41)14-25(44-21(4)38)29(32)43-16-22(36)15-37/h13,19-20,22-23,25-26,28-29,37H,9-12,14-18,36H2,1-8H3,(H,40,41)/t20-,22?,23+,25-,26+,28-,29+,31-,32+,33-,34+,35+/m1/s1. The largest absolute Gasteiger partial charge is 0.481 e. The number of carbonyl (C=O) groups is 3. The minimum absolute atomic E-state index is 0.00594. The monoisotopic (exact) mass is 617 g/mol. The Bertz CT molecular complexity index is 1220. The first-order valence-electron chi connectivity index (χ1n) is 16.7. The summed E-state index contributed by atoms with van der Waals surface area (Å²) < 4.78 is 18.8. The summed E-state index contributed by atoms with van der Waals surface area (Å²) in [5, 5.41) is 20.4. The maximum Gasteiger partial charge on any atom is 0.308 e. The smallest absolute Gasteiger partial charge is 0.308 e. The van der Waals surface area contributed by atoms with Crippen LogP contribution in [0.25, 0.3) is 0 Å². The third kappa shape index (κ3) is 4.49. The number of aliphatic hydroxyl groups excluding tert-OH is 1. The first-order chi connectivity index (χ1) is 20.4. The van der Waals surface area contributed by atoms with E-state index in [-0.39, 0.29) is 42.7 Å². The van der Waals surface area contributed by atoms with E-state index >= 15 is 0 Å². The van der Waals surface area contributed by atoms with E-state index in [4.69, 9.17) is 19.9 Å². The van der Waals surface area contributed by atoms with E-state index in [1.165, 1.54) is 6.92 Å². The molecule has 0 aromatic rings. The zero-order chi connectivity index (χ0) is 32.6. The summed E-state index contributed by atoms with van der Waals surface area (Å²) in [7, 11) is 0. The van der Waals surface area contributed by atoms with Gasteiger partial charge in [-0.05, 0) is 72.7 Å². The molecule has 0 spiro atoms. The third-order valence-corrected chi connectivity index (χ3v) is 14.0. The second-order valence-electron chi connectivity index (χ2n) is 16.3. The number of allylic oxidation sites excluding steroid dienone is 1. The van der Waals surface area contributed by atoms with Gasteiger partial charge in [-0.2, -0.15) is 0 Å². The molecule has 0 radical (unpaired) electrons. The van der Waals surface area contributed by atoms with Crippen LogP contribution in [0.15, 0.2) is 11.6 Å². The van der Waals surface area contributed by atoms with Crippen LogP contribution in [-0.2, 0) is 28.6 Å². The number of carboxylic acid groups (broad SMARTS) is 1. The Morgan fingerprint density at radius 3 is 2.39 bits per heavy atom. The van der Waals surface area contributed by atoms with Crippen molar-refractivity contribution in [2.75, 3.05) is 26.4 Å². The van der Waals surface area contributed by atoms with E-state index in [0.717, 1.165) is 31.3 Å². The average molecular weight is 618 g/mol. The van der Waals surface area contributed by atoms with Crippen molar-refractivity contribution in [3.8, 4) is 0 Å². The van der Waals surface area contributed by atoms with Crippen LogP contribution in [0.3, 0.4) is 0 Å². The van der Waals surface area contributed by atoms with Crippen LogP contribution < -0.4 is 5.73 Å². The molecule has 1 heterocycles. The normalized spacial score (nSPS) is 46.2. The summed E-state index contributed by atoms with van der Waals surface area (Å²) in [4.78, 5) is 40.4. The zero-order valence-corrected chi connectivity index (χ0v) is 28.0. The van der Waals surface area contributed by atoms with Crippen LogP contribution in [0.2, 0.25) is 0 Å². The number of esters is 1. The van der Waals surface area contributed by atoms with Gasteiger partial charge < -0.3 is 30.2 Å². The molecule has 5 aliphatic rings. The van der Waals surface area contributed by atoms with Crippen molar-refractivity contribution in [1.82, 2.24) is 0 Å². The lowest BCUT2D eigenvalue weighted by Gasteiger charge is -2.70. The molecule has 1 aliphatic heterocycles. The molecule has 9 nitrogen and oxygen atoms in total. The highest BCUT2D eigenvalue weighted by Gasteiger charge is 2.74. The molecule has 4 fully saturated rings. The van der Waals surface area contributed by atoms with Gasteiger partial charge in [-0.15, -0.1) is 0 Å². The SMILES string of the molecule is CC(=O)O[C@@H]1C[C@@]23COC[C@@](C)([C@@H]2CC[C@H]2C3=CC(=O)[C@@]3(C)[C@H](C(=O)O)[C@@](C)([C@H](C)C(C)C)CC[C@]23C)[C@H]1OCC(N)CO. The average Bonchev–Trinajstić information content (AvgIpc) is 2.93. The van der Waals surface area contributed by atoms with Crippen molar-refractivity contribution in [1.29, 1.82) is 0 Å². The maximum atomic E-state index is 14.7. The van der Waals surface area contributed by atoms with Crippen molar-refractivity contribution < 1.29 is 38.8 Å². The third-order valence-electron chi connectivity index (χ3n) is 14.0. The molecule has 12 atom stereocenters. The topological polar surface area (TPSA) is 145 Å². The van der Waals surface area contributed by atoms with E-state index in [9.17, 15) is 24.6 Å². The predicted molar refractivity (Wildman–Crippen MR) is 164 cm³/mol. The Labute approximate surface area is 262 Å². The molecule has 0 aromatic heterocycles. The number of nitrogens with two attached hydrogens (primary N) is 1. The summed E-state index contributed by atoms with van der Waals surface area (Å²) in [5.41, 5.74) is 3.85. The molecule has 44 heavy (non-hydrogen) atoms. The van der Waals surface area contributed by atoms with Crippen molar-refractivity contribution in [3.63, 3.8) is 0 Å². The molecule has 0 aromatic carbocycles. The Hall–Kier alpha value is -1.81. The Morgan fingerprint density at radius 1 is 1.11 bits per heavy atom. The lowest BCUT2D eigenvalue weighted by Crippen LogP contribution is -2.71. The number of rotatable bonds is 8. The fourth-order valence-electron chi connectivity index (χ4n) is 11.3. The zero-order valence-electron chi connectivity index (χ0n) is 28.0. The van der Waals surface area contributed by atoms with E-state index < -0.39 is 63.2 Å². The van der Waals surface area contributed by atoms with Crippen LogP contribution in [-0.4, -0.2) is 72.6 Å². The number of ether oxygens (including phenoxy) is 3. The summed E-state index contributed by atoms with van der Waals surface area (Å²) in [6.45, 7) is 16.9. The molecule has 4 N–H and O–H groups in total. The molecule has 248 valence electrons. The van der Waals surface area contributed by atoms with Crippen molar-refractivity contribution in [2.45, 2.75) is 106 Å². The van der Waals surface area contributed by atoms with Crippen molar-refractivity contribution in [2.24, 2.45) is 62.4 Å². The van der Waals surface area contributed by atoms with Crippen LogP contribution in [0.5, 0.6) is 0 Å². The summed E-state index contributed by atoms with van der Waals surface area (Å²) >= 11 is 0. The summed E-state index contributed by atoms with van der Waals surface area (Å²) in [6, 6.07) is -0.558. The van der Waals surface area contributed by atoms with Gasteiger partial charge in [0.15, 0.2) is 5.78 Å². The fraction of sp³-hybridized carbons (Fsp3) is 0.857. The number of fused-ring (bicyclic) bond motifs is 3. The van der Waals surface area contributed by atoms with Gasteiger partial charge in [0.05, 0.1) is 38.4 Å². The summed E-state index contributed by atoms with van der Waals surface area (Å²) in [6.07, 6.45) is 4.44. The number of aliphatic hydroxyl groups is 1. The Morgan fingerprint density at radius 2 is 1.80 bits per heavy atom. The quantitative estimate of drug-likeness (QED) is 0.338. The van der Waals surface area contributed by atoms with Crippen molar-refractivity contribution >= 4 is 17.7 Å². The van der Waals surface area contributed by atoms with E-state index in [2.05, 4.69) is 41.5 Å². The number of hydrogen-bond donors (Lipinski definition) is 3. The van der Waals surface area contributed by atoms with E-state index in [0.29, 0.717) is 19.6 Å². The molecule has 1 unspecified atom stereocenters. The highest BCUT2D eigenvalue weighted by Crippen LogP contribution is 2.74. The first kappa shape index (κ1) is 33.6. The van der Waals surface area contributed by atoms with Gasteiger partial charge in [-0.25, -0.2) is 0 Å². The molecule has 9 heteroatoms. The first-order valence-corrected chi connectivity index (χ1v) is 16.7. The Balaban J connectivity index is 1.63. The molecule has 1 saturated heterocycles. The van der Waals surface area contributed by atoms with Crippen LogP contribution in [0.4, 0.5) is 0 Å². The van der Waals surface area contributed by atoms with Crippen LogP contribution >= 0.6 is 0 Å². The fourth-order valence-corrected chi connectivity index (χ4v) is 11.3. The van der Waals surface area contributed by atoms with Gasteiger partial charge in [-0.3, -0.25) is 14.4 Å². The van der Waals surface area contributed by atoms with Crippen molar-refractivity contribution in [3.05, 3.63) is 11.6 Å². The highest BCUT2D eigenvalue weighted by atomic mass is 16.6. The molecule has 0 amide bonds. The molecule has 2 bridgehead atoms. The van der Waals surface area contributed by atoms with Gasteiger partial charge in [0.2, 0.25) is 0 Å². The lowest BCUT2D eigenvalue weighted by molar-refractivity contribution is -0.266. The van der Waals surface area contributed by atoms with E-state index in [1.54, 1.807) is 0 Å². The second kappa shape index (κ2) is 11.2. The minimum atomic E-state index is -1.07. The second-order valence-corrected chi connectivity index (χ2v) is 16.3. The molecule has 3 saturated carbocycles. The highest BCUT2D eigenvalue weighted by molar-refractivity contribution is 6.00. The predicted octanol–water partition coefficient (Wildman–Crippen LogP) is 4.39. The van der Waals surface area contributed by atoms with Gasteiger partial charge in [-0.1, -0.05) is 54.0 Å².